The second-order valence-electron chi connectivity index (χ2n) is 7.18. The Kier molecular flexibility index (Phi) is 7.28. The third-order valence-corrected chi connectivity index (χ3v) is 5.43. The van der Waals surface area contributed by atoms with Crippen molar-refractivity contribution in [2.45, 2.75) is 45.3 Å². The number of H-pyrrole nitrogens is 1. The molecular weight excluding hydrogens is 374 g/mol. The van der Waals surface area contributed by atoms with E-state index in [1.165, 1.54) is 0 Å². The molecule has 1 aliphatic rings. The van der Waals surface area contributed by atoms with Crippen molar-refractivity contribution in [2.75, 3.05) is 26.8 Å². The molecule has 3 rings (SSSR count). The number of pyridine rings is 1. The van der Waals surface area contributed by atoms with Gasteiger partial charge in [0, 0.05) is 36.2 Å². The molecule has 6 nitrogen and oxygen atoms in total. The van der Waals surface area contributed by atoms with Crippen molar-refractivity contribution >= 4 is 28.2 Å². The Bertz CT molecular complexity index is 862. The van der Waals surface area contributed by atoms with Gasteiger partial charge >= 0.3 is 0 Å². The number of benzene rings is 1. The van der Waals surface area contributed by atoms with E-state index in [-0.39, 0.29) is 11.7 Å². The molecule has 0 spiro atoms. The van der Waals surface area contributed by atoms with Crippen molar-refractivity contribution < 1.29 is 9.47 Å². The highest BCUT2D eigenvalue weighted by molar-refractivity contribution is 7.80. The number of aromatic amines is 1. The molecule has 0 amide bonds. The van der Waals surface area contributed by atoms with Gasteiger partial charge in [0.15, 0.2) is 5.11 Å². The van der Waals surface area contributed by atoms with Crippen LogP contribution < -0.4 is 15.6 Å². The Balaban J connectivity index is 1.82. The number of thiocarbonyl (C=S) groups is 1. The number of hydrogen-bond donors (Lipinski definition) is 2. The molecular formula is C21H29N3O3S. The van der Waals surface area contributed by atoms with Crippen LogP contribution >= 0.6 is 12.2 Å². The number of ether oxygens (including phenoxy) is 2. The monoisotopic (exact) mass is 403 g/mol. The van der Waals surface area contributed by atoms with Crippen LogP contribution in [0.1, 0.15) is 38.2 Å². The van der Waals surface area contributed by atoms with E-state index in [1.807, 2.05) is 24.3 Å². The predicted octanol–water partition coefficient (Wildman–Crippen LogP) is 3.19. The predicted molar refractivity (Wildman–Crippen MR) is 116 cm³/mol. The Morgan fingerprint density at radius 3 is 3.00 bits per heavy atom. The lowest BCUT2D eigenvalue weighted by molar-refractivity contribution is 0.0897. The number of aromatic nitrogens is 1. The van der Waals surface area contributed by atoms with E-state index in [9.17, 15) is 4.79 Å². The molecule has 2 aromatic rings. The first kappa shape index (κ1) is 20.6. The minimum atomic E-state index is -0.0913. The van der Waals surface area contributed by atoms with Gasteiger partial charge in [-0.2, -0.15) is 0 Å². The Morgan fingerprint density at radius 1 is 1.43 bits per heavy atom. The van der Waals surface area contributed by atoms with Crippen molar-refractivity contribution in [1.82, 2.24) is 15.2 Å². The van der Waals surface area contributed by atoms with Crippen LogP contribution in [0, 0.1) is 0 Å². The van der Waals surface area contributed by atoms with E-state index in [4.69, 9.17) is 21.7 Å². The van der Waals surface area contributed by atoms with E-state index < -0.39 is 0 Å². The second kappa shape index (κ2) is 9.89. The Labute approximate surface area is 171 Å². The van der Waals surface area contributed by atoms with Gasteiger partial charge in [0.25, 0.3) is 5.56 Å². The molecule has 0 saturated carbocycles. The fraction of sp³-hybridized carbons (Fsp3) is 0.524. The molecule has 1 aromatic carbocycles. The summed E-state index contributed by atoms with van der Waals surface area (Å²) < 4.78 is 11.1. The maximum atomic E-state index is 12.6. The van der Waals surface area contributed by atoms with Crippen molar-refractivity contribution in [3.05, 3.63) is 40.2 Å². The summed E-state index contributed by atoms with van der Waals surface area (Å²) in [6.07, 6.45) is 4.42. The molecule has 2 N–H and O–H groups in total. The minimum absolute atomic E-state index is 0.0913. The van der Waals surface area contributed by atoms with Crippen LogP contribution in [-0.4, -0.2) is 47.9 Å². The maximum absolute atomic E-state index is 12.6. The smallest absolute Gasteiger partial charge is 0.253 e. The summed E-state index contributed by atoms with van der Waals surface area (Å²) in [5, 5.41) is 4.94. The van der Waals surface area contributed by atoms with Crippen LogP contribution in [0.2, 0.25) is 0 Å². The van der Waals surface area contributed by atoms with Gasteiger partial charge in [-0.3, -0.25) is 4.79 Å². The van der Waals surface area contributed by atoms with E-state index >= 15 is 0 Å². The molecule has 1 aromatic heterocycles. The summed E-state index contributed by atoms with van der Waals surface area (Å²) >= 11 is 5.63. The first-order chi connectivity index (χ1) is 13.6. The van der Waals surface area contributed by atoms with Gasteiger partial charge in [-0.05, 0) is 55.7 Å². The minimum Gasteiger partial charge on any atom is -0.497 e. The zero-order valence-corrected chi connectivity index (χ0v) is 17.4. The number of nitrogens with one attached hydrogen (secondary N) is 2. The van der Waals surface area contributed by atoms with Crippen molar-refractivity contribution in [2.24, 2.45) is 0 Å². The molecule has 1 aliphatic heterocycles. The lowest BCUT2D eigenvalue weighted by Gasteiger charge is -2.28. The molecule has 1 saturated heterocycles. The van der Waals surface area contributed by atoms with E-state index in [0.29, 0.717) is 23.8 Å². The van der Waals surface area contributed by atoms with Gasteiger partial charge in [-0.15, -0.1) is 0 Å². The number of nitrogens with zero attached hydrogens (tertiary/aromatic N) is 1. The average Bonchev–Trinajstić information content (AvgIpc) is 3.21. The van der Waals surface area contributed by atoms with Gasteiger partial charge in [-0.1, -0.05) is 13.3 Å². The molecule has 2 heterocycles. The highest BCUT2D eigenvalue weighted by Gasteiger charge is 2.22. The van der Waals surface area contributed by atoms with Crippen LogP contribution in [0.15, 0.2) is 29.1 Å². The lowest BCUT2D eigenvalue weighted by atomic mass is 10.1. The van der Waals surface area contributed by atoms with Crippen molar-refractivity contribution in [1.29, 1.82) is 0 Å². The highest BCUT2D eigenvalue weighted by Crippen LogP contribution is 2.20. The largest absolute Gasteiger partial charge is 0.497 e. The van der Waals surface area contributed by atoms with Crippen LogP contribution in [0.5, 0.6) is 5.75 Å². The lowest BCUT2D eigenvalue weighted by Crippen LogP contribution is -2.44. The molecule has 0 aliphatic carbocycles. The summed E-state index contributed by atoms with van der Waals surface area (Å²) in [4.78, 5) is 17.7. The Morgan fingerprint density at radius 2 is 2.29 bits per heavy atom. The number of rotatable bonds is 8. The first-order valence-electron chi connectivity index (χ1n) is 9.95. The van der Waals surface area contributed by atoms with E-state index in [0.717, 1.165) is 55.5 Å². The van der Waals surface area contributed by atoms with Crippen LogP contribution in [0.3, 0.4) is 0 Å². The molecule has 0 bridgehead atoms. The van der Waals surface area contributed by atoms with Crippen molar-refractivity contribution in [3.63, 3.8) is 0 Å². The third kappa shape index (κ3) is 5.23. The van der Waals surface area contributed by atoms with Gasteiger partial charge in [0.05, 0.1) is 19.8 Å². The van der Waals surface area contributed by atoms with Gasteiger partial charge < -0.3 is 24.7 Å². The third-order valence-electron chi connectivity index (χ3n) is 5.03. The molecule has 1 fully saturated rings. The zero-order valence-electron chi connectivity index (χ0n) is 16.6. The zero-order chi connectivity index (χ0) is 19.9. The molecule has 1 unspecified atom stereocenters. The summed E-state index contributed by atoms with van der Waals surface area (Å²) in [6, 6.07) is 7.56. The SMILES string of the molecule is CCCCNC(=S)N(Cc1cc2cc(OC)ccc2[nH]c1=O)CC1CCCO1. The number of fused-ring (bicyclic) bond motifs is 1. The molecule has 152 valence electrons. The Hall–Kier alpha value is -2.12. The molecule has 7 heteroatoms. The number of hydrogen-bond acceptors (Lipinski definition) is 4. The maximum Gasteiger partial charge on any atom is 0.253 e. The van der Waals surface area contributed by atoms with E-state index in [2.05, 4.69) is 22.1 Å². The topological polar surface area (TPSA) is 66.6 Å². The van der Waals surface area contributed by atoms with Gasteiger partial charge in [0.2, 0.25) is 0 Å². The van der Waals surface area contributed by atoms with Gasteiger partial charge in [-0.25, -0.2) is 0 Å². The first-order valence-corrected chi connectivity index (χ1v) is 10.4. The quantitative estimate of drug-likeness (QED) is 0.521. The fourth-order valence-electron chi connectivity index (χ4n) is 3.42. The second-order valence-corrected chi connectivity index (χ2v) is 7.56. The molecule has 1 atom stereocenters. The standard InChI is InChI=1S/C21H29N3O3S/c1-3-4-9-22-21(28)24(14-18-6-5-10-27-18)13-16-11-15-12-17(26-2)7-8-19(15)23-20(16)25/h7-8,11-12,18H,3-6,9-10,13-14H2,1-2H3,(H,22,28)(H,23,25). The van der Waals surface area contributed by atoms with Crippen molar-refractivity contribution in [3.8, 4) is 5.75 Å². The normalized spacial score (nSPS) is 16.3. The highest BCUT2D eigenvalue weighted by atomic mass is 32.1. The number of methoxy groups -OCH3 is 1. The van der Waals surface area contributed by atoms with Gasteiger partial charge in [0.1, 0.15) is 5.75 Å². The summed E-state index contributed by atoms with van der Waals surface area (Å²) in [5.74, 6) is 0.762. The summed E-state index contributed by atoms with van der Waals surface area (Å²) in [7, 11) is 1.64. The summed E-state index contributed by atoms with van der Waals surface area (Å²) in [5.41, 5.74) is 1.38. The van der Waals surface area contributed by atoms with Crippen LogP contribution in [0.4, 0.5) is 0 Å². The number of unbranched alkanes of at least 4 members (excludes halogenated alkanes) is 1. The van der Waals surface area contributed by atoms with Crippen LogP contribution in [0.25, 0.3) is 10.9 Å². The average molecular weight is 404 g/mol. The van der Waals surface area contributed by atoms with E-state index in [1.54, 1.807) is 7.11 Å². The van der Waals surface area contributed by atoms with Crippen LogP contribution in [-0.2, 0) is 11.3 Å². The fourth-order valence-corrected chi connectivity index (χ4v) is 3.66. The summed E-state index contributed by atoms with van der Waals surface area (Å²) in [6.45, 7) is 4.92. The molecule has 28 heavy (non-hydrogen) atoms. The molecule has 0 radical (unpaired) electrons.